The summed E-state index contributed by atoms with van der Waals surface area (Å²) in [7, 11) is -1.27. The number of ether oxygens (including phenoxy) is 1. The minimum atomic E-state index is -2.91. The van der Waals surface area contributed by atoms with Gasteiger partial charge >= 0.3 is 0 Å². The van der Waals surface area contributed by atoms with Gasteiger partial charge in [-0.1, -0.05) is 24.3 Å². The molecule has 0 radical (unpaired) electrons. The van der Waals surface area contributed by atoms with Crippen molar-refractivity contribution in [2.24, 2.45) is 0 Å². The van der Waals surface area contributed by atoms with Gasteiger partial charge in [-0.05, 0) is 34.9 Å². The molecule has 0 bridgehead atoms. The molecule has 0 aliphatic heterocycles. The fourth-order valence-electron chi connectivity index (χ4n) is 1.86. The molecule has 0 aliphatic rings. The zero-order valence-electron chi connectivity index (χ0n) is 10.5. The highest BCUT2D eigenvalue weighted by atomic mass is 32.2. The third-order valence-electron chi connectivity index (χ3n) is 2.87. The maximum absolute atomic E-state index is 11.1. The molecule has 96 valence electrons. The van der Waals surface area contributed by atoms with Gasteiger partial charge in [-0.15, -0.1) is 0 Å². The average Bonchev–Trinajstić information content (AvgIpc) is 2.34. The lowest BCUT2D eigenvalue weighted by molar-refractivity contribution is 0.415. The molecule has 0 saturated heterocycles. The van der Waals surface area contributed by atoms with Crippen molar-refractivity contribution < 1.29 is 13.2 Å². The smallest absolute Gasteiger partial charge is 0.147 e. The maximum Gasteiger partial charge on any atom is 0.147 e. The number of hydrogen-bond donors (Lipinski definition) is 0. The summed E-state index contributed by atoms with van der Waals surface area (Å²) in [5.41, 5.74) is 1.04. The molecule has 2 aromatic carbocycles. The van der Waals surface area contributed by atoms with Gasteiger partial charge in [0, 0.05) is 6.26 Å². The Bertz CT molecular complexity index is 660. The SMILES string of the molecule is COc1ccc2cc(CCS(C)(=O)=O)ccc2c1. The predicted octanol–water partition coefficient (Wildman–Crippen LogP) is 2.44. The number of hydrogen-bond acceptors (Lipinski definition) is 3. The molecule has 0 N–H and O–H groups in total. The average molecular weight is 264 g/mol. The molecule has 0 atom stereocenters. The van der Waals surface area contributed by atoms with Gasteiger partial charge in [-0.3, -0.25) is 0 Å². The highest BCUT2D eigenvalue weighted by Crippen LogP contribution is 2.22. The van der Waals surface area contributed by atoms with Crippen LogP contribution in [0.1, 0.15) is 5.56 Å². The zero-order chi connectivity index (χ0) is 13.2. The Balaban J connectivity index is 2.28. The Morgan fingerprint density at radius 1 is 1.06 bits per heavy atom. The Labute approximate surface area is 107 Å². The van der Waals surface area contributed by atoms with Gasteiger partial charge in [0.1, 0.15) is 15.6 Å². The van der Waals surface area contributed by atoms with Crippen LogP contribution in [0.4, 0.5) is 0 Å². The van der Waals surface area contributed by atoms with Crippen molar-refractivity contribution >= 4 is 20.6 Å². The Morgan fingerprint density at radius 3 is 2.39 bits per heavy atom. The summed E-state index contributed by atoms with van der Waals surface area (Å²) in [4.78, 5) is 0. The minimum absolute atomic E-state index is 0.189. The molecule has 0 saturated carbocycles. The van der Waals surface area contributed by atoms with Crippen molar-refractivity contribution in [3.8, 4) is 5.75 Å². The lowest BCUT2D eigenvalue weighted by atomic mass is 10.1. The van der Waals surface area contributed by atoms with E-state index in [1.165, 1.54) is 6.26 Å². The Hall–Kier alpha value is -1.55. The van der Waals surface area contributed by atoms with E-state index < -0.39 is 9.84 Å². The van der Waals surface area contributed by atoms with Gasteiger partial charge in [-0.25, -0.2) is 8.42 Å². The third-order valence-corrected chi connectivity index (χ3v) is 3.82. The van der Waals surface area contributed by atoms with Crippen molar-refractivity contribution in [3.05, 3.63) is 42.0 Å². The maximum atomic E-state index is 11.1. The molecule has 0 heterocycles. The summed E-state index contributed by atoms with van der Waals surface area (Å²) < 4.78 is 27.4. The molecule has 0 fully saturated rings. The third kappa shape index (κ3) is 3.23. The molecule has 4 heteroatoms. The molecule has 0 aromatic heterocycles. The van der Waals surface area contributed by atoms with Gasteiger partial charge in [0.25, 0.3) is 0 Å². The molecule has 0 unspecified atom stereocenters. The van der Waals surface area contributed by atoms with Crippen LogP contribution in [0.15, 0.2) is 36.4 Å². The van der Waals surface area contributed by atoms with E-state index in [1.807, 2.05) is 36.4 Å². The van der Waals surface area contributed by atoms with Crippen LogP contribution in [-0.2, 0) is 16.3 Å². The van der Waals surface area contributed by atoms with E-state index in [-0.39, 0.29) is 5.75 Å². The summed E-state index contributed by atoms with van der Waals surface area (Å²) in [6.45, 7) is 0. The van der Waals surface area contributed by atoms with Crippen LogP contribution in [0.5, 0.6) is 5.75 Å². The number of methoxy groups -OCH3 is 1. The van der Waals surface area contributed by atoms with Crippen molar-refractivity contribution in [1.82, 2.24) is 0 Å². The van der Waals surface area contributed by atoms with Gasteiger partial charge in [-0.2, -0.15) is 0 Å². The summed E-state index contributed by atoms with van der Waals surface area (Å²) >= 11 is 0. The van der Waals surface area contributed by atoms with E-state index in [1.54, 1.807) is 7.11 Å². The number of rotatable bonds is 4. The minimum Gasteiger partial charge on any atom is -0.497 e. The van der Waals surface area contributed by atoms with Crippen LogP contribution in [0, 0.1) is 0 Å². The predicted molar refractivity (Wildman–Crippen MR) is 73.9 cm³/mol. The standard InChI is InChI=1S/C14H16O3S/c1-17-14-6-5-12-9-11(3-4-13(12)10-14)7-8-18(2,15)16/h3-6,9-10H,7-8H2,1-2H3. The number of sulfone groups is 1. The number of aryl methyl sites for hydroxylation is 1. The molecule has 2 aromatic rings. The van der Waals surface area contributed by atoms with E-state index in [0.717, 1.165) is 22.1 Å². The van der Waals surface area contributed by atoms with Crippen molar-refractivity contribution in [3.63, 3.8) is 0 Å². The summed E-state index contributed by atoms with van der Waals surface area (Å²) in [5, 5.41) is 2.19. The van der Waals surface area contributed by atoms with Gasteiger partial charge in [0.15, 0.2) is 0 Å². The van der Waals surface area contributed by atoms with E-state index >= 15 is 0 Å². The number of benzene rings is 2. The highest BCUT2D eigenvalue weighted by molar-refractivity contribution is 7.90. The molecular weight excluding hydrogens is 248 g/mol. The monoisotopic (exact) mass is 264 g/mol. The number of fused-ring (bicyclic) bond motifs is 1. The molecule has 0 spiro atoms. The first kappa shape index (κ1) is 12.9. The lowest BCUT2D eigenvalue weighted by Gasteiger charge is -2.05. The fraction of sp³-hybridized carbons (Fsp3) is 0.286. The van der Waals surface area contributed by atoms with Gasteiger partial charge in [0.05, 0.1) is 12.9 Å². The lowest BCUT2D eigenvalue weighted by Crippen LogP contribution is -2.05. The molecule has 3 nitrogen and oxygen atoms in total. The molecular formula is C14H16O3S. The highest BCUT2D eigenvalue weighted by Gasteiger charge is 2.04. The van der Waals surface area contributed by atoms with E-state index in [0.29, 0.717) is 6.42 Å². The van der Waals surface area contributed by atoms with Crippen LogP contribution < -0.4 is 4.74 Å². The Morgan fingerprint density at radius 2 is 1.72 bits per heavy atom. The molecule has 0 aliphatic carbocycles. The van der Waals surface area contributed by atoms with Crippen molar-refractivity contribution in [2.75, 3.05) is 19.1 Å². The second kappa shape index (κ2) is 4.98. The largest absolute Gasteiger partial charge is 0.497 e. The topological polar surface area (TPSA) is 43.4 Å². The fourth-order valence-corrected chi connectivity index (χ4v) is 2.47. The first-order valence-corrected chi connectivity index (χ1v) is 7.78. The summed E-state index contributed by atoms with van der Waals surface area (Å²) in [6, 6.07) is 11.8. The second-order valence-corrected chi connectivity index (χ2v) is 6.69. The molecule has 2 rings (SSSR count). The van der Waals surface area contributed by atoms with Crippen molar-refractivity contribution in [2.45, 2.75) is 6.42 Å². The Kier molecular flexibility index (Phi) is 3.57. The van der Waals surface area contributed by atoms with E-state index in [9.17, 15) is 8.42 Å². The first-order valence-electron chi connectivity index (χ1n) is 5.72. The first-order chi connectivity index (χ1) is 8.48. The van der Waals surface area contributed by atoms with Gasteiger partial charge < -0.3 is 4.74 Å². The van der Waals surface area contributed by atoms with Crippen LogP contribution in [-0.4, -0.2) is 27.5 Å². The van der Waals surface area contributed by atoms with Crippen molar-refractivity contribution in [1.29, 1.82) is 0 Å². The zero-order valence-corrected chi connectivity index (χ0v) is 11.3. The summed E-state index contributed by atoms with van der Waals surface area (Å²) in [6.07, 6.45) is 1.82. The normalized spacial score (nSPS) is 11.7. The van der Waals surface area contributed by atoms with Gasteiger partial charge in [0.2, 0.25) is 0 Å². The van der Waals surface area contributed by atoms with Crippen LogP contribution in [0.25, 0.3) is 10.8 Å². The van der Waals surface area contributed by atoms with Crippen LogP contribution in [0.2, 0.25) is 0 Å². The second-order valence-electron chi connectivity index (χ2n) is 4.43. The van der Waals surface area contributed by atoms with E-state index in [2.05, 4.69) is 0 Å². The molecule has 18 heavy (non-hydrogen) atoms. The quantitative estimate of drug-likeness (QED) is 0.852. The van der Waals surface area contributed by atoms with Crippen LogP contribution >= 0.6 is 0 Å². The summed E-state index contributed by atoms with van der Waals surface area (Å²) in [5.74, 6) is 1.01. The van der Waals surface area contributed by atoms with Crippen LogP contribution in [0.3, 0.4) is 0 Å². The van der Waals surface area contributed by atoms with E-state index in [4.69, 9.17) is 4.74 Å². The molecule has 0 amide bonds.